The van der Waals surface area contributed by atoms with Crippen LogP contribution in [0.5, 0.6) is 0 Å². The zero-order valence-corrected chi connectivity index (χ0v) is 19.2. The maximum absolute atomic E-state index is 13.4. The summed E-state index contributed by atoms with van der Waals surface area (Å²) < 4.78 is 27.9. The first-order valence-corrected chi connectivity index (χ1v) is 12.4. The van der Waals surface area contributed by atoms with E-state index < -0.39 is 26.3 Å². The predicted molar refractivity (Wildman–Crippen MR) is 116 cm³/mol. The number of carbonyl (C=O) groups excluding carboxylic acids is 2. The highest BCUT2D eigenvalue weighted by molar-refractivity contribution is 7.89. The Labute approximate surface area is 179 Å². The number of anilines is 1. The highest BCUT2D eigenvalue weighted by atomic mass is 32.2. The van der Waals surface area contributed by atoms with E-state index in [0.717, 1.165) is 25.7 Å². The van der Waals surface area contributed by atoms with Gasteiger partial charge in [0.1, 0.15) is 5.78 Å². The summed E-state index contributed by atoms with van der Waals surface area (Å²) in [5.41, 5.74) is -0.509. The molecule has 1 N–H and O–H groups in total. The van der Waals surface area contributed by atoms with Crippen molar-refractivity contribution in [1.29, 1.82) is 0 Å². The van der Waals surface area contributed by atoms with E-state index in [9.17, 15) is 18.0 Å². The molecular weight excluding hydrogens is 400 g/mol. The van der Waals surface area contributed by atoms with Gasteiger partial charge in [-0.05, 0) is 55.7 Å². The number of hydrogen-bond donors (Lipinski definition) is 1. The summed E-state index contributed by atoms with van der Waals surface area (Å²) in [6, 6.07) is 5.07. The van der Waals surface area contributed by atoms with E-state index >= 15 is 0 Å². The van der Waals surface area contributed by atoms with Crippen LogP contribution in [0.15, 0.2) is 23.1 Å². The number of nitrogens with one attached hydrogen (secondary N) is 1. The van der Waals surface area contributed by atoms with Gasteiger partial charge in [0, 0.05) is 30.6 Å². The lowest BCUT2D eigenvalue weighted by Crippen LogP contribution is -2.43. The Morgan fingerprint density at radius 2 is 1.73 bits per heavy atom. The topological polar surface area (TPSA) is 83.5 Å². The summed E-state index contributed by atoms with van der Waals surface area (Å²) in [4.78, 5) is 26.3. The molecule has 1 aromatic rings. The fraction of sp³-hybridized carbons (Fsp3) is 0.652. The number of nitrogens with zero attached hydrogens (tertiary/aromatic N) is 1. The monoisotopic (exact) mass is 432 g/mol. The van der Waals surface area contributed by atoms with Gasteiger partial charge in [-0.2, -0.15) is 4.31 Å². The van der Waals surface area contributed by atoms with Crippen molar-refractivity contribution in [3.05, 3.63) is 23.8 Å². The SMILES string of the molecule is Cc1ccc(NC(=O)C23CCC(C)(C(=O)C2)C3(C)C)cc1S(=O)(=O)N1CCCCC1. The quantitative estimate of drug-likeness (QED) is 0.782. The van der Waals surface area contributed by atoms with Gasteiger partial charge in [0.15, 0.2) is 0 Å². The van der Waals surface area contributed by atoms with E-state index in [2.05, 4.69) is 5.32 Å². The molecule has 0 spiro atoms. The number of aryl methyl sites for hydroxylation is 1. The molecule has 0 radical (unpaired) electrons. The van der Waals surface area contributed by atoms with Crippen molar-refractivity contribution in [2.24, 2.45) is 16.2 Å². The second-order valence-electron chi connectivity index (χ2n) is 10.0. The highest BCUT2D eigenvalue weighted by Gasteiger charge is 2.72. The fourth-order valence-electron chi connectivity index (χ4n) is 5.81. The maximum atomic E-state index is 13.4. The fourth-order valence-corrected chi connectivity index (χ4v) is 7.58. The van der Waals surface area contributed by atoms with E-state index in [0.29, 0.717) is 30.8 Å². The summed E-state index contributed by atoms with van der Waals surface area (Å²) >= 11 is 0. The van der Waals surface area contributed by atoms with Crippen LogP contribution in [-0.4, -0.2) is 37.5 Å². The van der Waals surface area contributed by atoms with Gasteiger partial charge >= 0.3 is 0 Å². The van der Waals surface area contributed by atoms with Crippen LogP contribution >= 0.6 is 0 Å². The first-order chi connectivity index (χ1) is 14.0. The zero-order chi connectivity index (χ0) is 21.9. The Bertz CT molecular complexity index is 1010. The third-order valence-corrected chi connectivity index (χ3v) is 10.6. The van der Waals surface area contributed by atoms with Crippen LogP contribution in [-0.2, 0) is 19.6 Å². The van der Waals surface area contributed by atoms with Gasteiger partial charge < -0.3 is 5.32 Å². The Balaban J connectivity index is 1.63. The minimum atomic E-state index is -3.60. The second kappa shape index (κ2) is 6.89. The van der Waals surface area contributed by atoms with Gasteiger partial charge in [-0.1, -0.05) is 33.3 Å². The van der Waals surface area contributed by atoms with Crippen molar-refractivity contribution in [2.75, 3.05) is 18.4 Å². The molecule has 30 heavy (non-hydrogen) atoms. The van der Waals surface area contributed by atoms with Crippen molar-refractivity contribution in [2.45, 2.75) is 71.1 Å². The van der Waals surface area contributed by atoms with Crippen molar-refractivity contribution < 1.29 is 18.0 Å². The summed E-state index contributed by atoms with van der Waals surface area (Å²) in [6.45, 7) is 8.87. The predicted octanol–water partition coefficient (Wildman–Crippen LogP) is 3.89. The van der Waals surface area contributed by atoms with Crippen molar-refractivity contribution >= 4 is 27.4 Å². The van der Waals surface area contributed by atoms with Crippen LogP contribution in [0.25, 0.3) is 0 Å². The van der Waals surface area contributed by atoms with Gasteiger partial charge in [0.2, 0.25) is 15.9 Å². The molecule has 3 aliphatic rings. The number of hydrogen-bond acceptors (Lipinski definition) is 4. The van der Waals surface area contributed by atoms with Crippen molar-refractivity contribution in [1.82, 2.24) is 4.31 Å². The molecule has 4 rings (SSSR count). The molecule has 1 amide bonds. The molecule has 7 heteroatoms. The van der Waals surface area contributed by atoms with Gasteiger partial charge in [0.25, 0.3) is 0 Å². The molecule has 164 valence electrons. The van der Waals surface area contributed by atoms with E-state index in [1.807, 2.05) is 20.8 Å². The van der Waals surface area contributed by atoms with Crippen LogP contribution in [0, 0.1) is 23.2 Å². The average molecular weight is 433 g/mol. The van der Waals surface area contributed by atoms with Crippen LogP contribution < -0.4 is 5.32 Å². The molecule has 2 bridgehead atoms. The van der Waals surface area contributed by atoms with Gasteiger partial charge in [-0.3, -0.25) is 9.59 Å². The molecule has 3 fully saturated rings. The molecule has 2 saturated carbocycles. The van der Waals surface area contributed by atoms with Gasteiger partial charge in [-0.25, -0.2) is 8.42 Å². The van der Waals surface area contributed by atoms with Crippen LogP contribution in [0.3, 0.4) is 0 Å². The Morgan fingerprint density at radius 1 is 1.07 bits per heavy atom. The number of sulfonamides is 1. The smallest absolute Gasteiger partial charge is 0.243 e. The molecular formula is C23H32N2O4S. The molecule has 2 atom stereocenters. The Hall–Kier alpha value is -1.73. The molecule has 1 heterocycles. The summed E-state index contributed by atoms with van der Waals surface area (Å²) in [5.74, 6) is -0.0154. The second-order valence-corrected chi connectivity index (χ2v) is 11.9. The van der Waals surface area contributed by atoms with Crippen LogP contribution in [0.4, 0.5) is 5.69 Å². The van der Waals surface area contributed by atoms with Crippen molar-refractivity contribution in [3.8, 4) is 0 Å². The molecule has 1 saturated heterocycles. The molecule has 6 nitrogen and oxygen atoms in total. The molecule has 1 aromatic carbocycles. The van der Waals surface area contributed by atoms with Gasteiger partial charge in [0.05, 0.1) is 10.3 Å². The van der Waals surface area contributed by atoms with Gasteiger partial charge in [-0.15, -0.1) is 0 Å². The lowest BCUT2D eigenvalue weighted by molar-refractivity contribution is -0.131. The Morgan fingerprint density at radius 3 is 2.30 bits per heavy atom. The summed E-state index contributed by atoms with van der Waals surface area (Å²) in [5, 5.41) is 2.96. The highest BCUT2D eigenvalue weighted by Crippen LogP contribution is 2.70. The zero-order valence-electron chi connectivity index (χ0n) is 18.4. The number of benzene rings is 1. The molecule has 1 aliphatic heterocycles. The van der Waals surface area contributed by atoms with Crippen molar-refractivity contribution in [3.63, 3.8) is 0 Å². The number of carbonyl (C=O) groups is 2. The average Bonchev–Trinajstić information content (AvgIpc) is 3.00. The summed E-state index contributed by atoms with van der Waals surface area (Å²) in [7, 11) is -3.60. The first kappa shape index (κ1) is 21.5. The maximum Gasteiger partial charge on any atom is 0.243 e. The van der Waals surface area contributed by atoms with E-state index in [1.54, 1.807) is 29.4 Å². The normalized spacial score (nSPS) is 31.1. The van der Waals surface area contributed by atoms with Crippen LogP contribution in [0.1, 0.15) is 64.9 Å². The van der Waals surface area contributed by atoms with Crippen LogP contribution in [0.2, 0.25) is 0 Å². The molecule has 2 unspecified atom stereocenters. The molecule has 0 aromatic heterocycles. The third kappa shape index (κ3) is 2.81. The van der Waals surface area contributed by atoms with E-state index in [-0.39, 0.29) is 23.0 Å². The molecule has 2 aliphatic carbocycles. The number of amides is 1. The Kier molecular flexibility index (Phi) is 4.94. The lowest BCUT2D eigenvalue weighted by Gasteiger charge is -2.38. The number of fused-ring (bicyclic) bond motifs is 2. The minimum Gasteiger partial charge on any atom is -0.326 e. The first-order valence-electron chi connectivity index (χ1n) is 10.9. The van der Waals surface area contributed by atoms with E-state index in [1.165, 1.54) is 0 Å². The number of ketones is 1. The standard InChI is InChI=1S/C23H32N2O4S/c1-16-8-9-17(14-18(16)30(28,29)25-12-6-5-7-13-25)24-20(27)23-11-10-22(4,19(26)15-23)21(23,2)3/h8-9,14H,5-7,10-13,15H2,1-4H3,(H,24,27). The summed E-state index contributed by atoms with van der Waals surface area (Å²) in [6.07, 6.45) is 4.45. The number of rotatable bonds is 4. The minimum absolute atomic E-state index is 0.158. The number of Topliss-reactive ketones (excluding diaryl/α,β-unsaturated/α-hetero) is 1. The lowest BCUT2D eigenvalue weighted by atomic mass is 9.64. The largest absolute Gasteiger partial charge is 0.326 e. The third-order valence-electron chi connectivity index (χ3n) is 8.52. The number of piperidine rings is 1. The van der Waals surface area contributed by atoms with E-state index in [4.69, 9.17) is 0 Å².